The van der Waals surface area contributed by atoms with E-state index in [1.54, 1.807) is 0 Å². The van der Waals surface area contributed by atoms with Crippen LogP contribution in [0.1, 0.15) is 45.3 Å². The van der Waals surface area contributed by atoms with Crippen LogP contribution in [0, 0.1) is 0 Å². The van der Waals surface area contributed by atoms with Crippen molar-refractivity contribution in [1.82, 2.24) is 10.6 Å². The zero-order valence-electron chi connectivity index (χ0n) is 9.05. The minimum Gasteiger partial charge on any atom is -0.348 e. The van der Waals surface area contributed by atoms with Gasteiger partial charge in [0.25, 0.3) is 5.91 Å². The van der Waals surface area contributed by atoms with E-state index in [-0.39, 0.29) is 5.91 Å². The fraction of sp³-hybridized carbons (Fsp3) is 0.462. The Balaban J connectivity index is 1.93. The third-order valence-corrected chi connectivity index (χ3v) is 4.22. The van der Waals surface area contributed by atoms with Gasteiger partial charge in [-0.2, -0.15) is 0 Å². The minimum absolute atomic E-state index is 0.104. The molecule has 2 unspecified atom stereocenters. The van der Waals surface area contributed by atoms with E-state index in [1.165, 1.54) is 23.1 Å². The molecule has 1 saturated heterocycles. The van der Waals surface area contributed by atoms with Crippen LogP contribution in [-0.4, -0.2) is 19.0 Å². The molecule has 0 aromatic heterocycles. The van der Waals surface area contributed by atoms with Crippen molar-refractivity contribution in [3.8, 4) is 0 Å². The number of hydrogen-bond donors (Lipinski definition) is 2. The first kappa shape index (κ1) is 8.76. The maximum Gasteiger partial charge on any atom is 0.251 e. The number of carbonyl (C=O) groups is 1. The fourth-order valence-corrected chi connectivity index (χ4v) is 3.43. The van der Waals surface area contributed by atoms with Gasteiger partial charge in [-0.05, 0) is 41.0 Å². The van der Waals surface area contributed by atoms with Crippen LogP contribution in [0.4, 0.5) is 0 Å². The summed E-state index contributed by atoms with van der Waals surface area (Å²) in [6, 6.07) is 4.41. The van der Waals surface area contributed by atoms with E-state index in [4.69, 9.17) is 0 Å². The van der Waals surface area contributed by atoms with Crippen LogP contribution in [0.5, 0.6) is 0 Å². The second-order valence-corrected chi connectivity index (χ2v) is 5.11. The van der Waals surface area contributed by atoms with Crippen molar-refractivity contribution in [2.24, 2.45) is 0 Å². The normalized spacial score (nSPS) is 29.9. The van der Waals surface area contributed by atoms with Crippen LogP contribution >= 0.6 is 0 Å². The molecule has 2 heterocycles. The van der Waals surface area contributed by atoms with Crippen LogP contribution in [-0.2, 0) is 6.54 Å². The second kappa shape index (κ2) is 2.86. The molecule has 2 N–H and O–H groups in total. The average Bonchev–Trinajstić information content (AvgIpc) is 2.79. The highest BCUT2D eigenvalue weighted by Gasteiger charge is 2.36. The Bertz CT molecular complexity index is 495. The van der Waals surface area contributed by atoms with E-state index in [0.29, 0.717) is 18.4 Å². The van der Waals surface area contributed by atoms with E-state index in [2.05, 4.69) is 22.8 Å². The van der Waals surface area contributed by atoms with E-state index in [1.807, 2.05) is 0 Å². The lowest BCUT2D eigenvalue weighted by molar-refractivity contribution is 0.0965. The van der Waals surface area contributed by atoms with Crippen molar-refractivity contribution in [1.29, 1.82) is 0 Å². The first-order chi connectivity index (χ1) is 7.83. The smallest absolute Gasteiger partial charge is 0.251 e. The Morgan fingerprint density at radius 2 is 1.88 bits per heavy atom. The maximum absolute atomic E-state index is 11.6. The molecule has 1 aromatic carbocycles. The Kier molecular flexibility index (Phi) is 1.56. The number of benzene rings is 1. The molecule has 0 radical (unpaired) electrons. The third-order valence-electron chi connectivity index (χ3n) is 4.22. The number of hydrogen-bond acceptors (Lipinski definition) is 2. The number of fused-ring (bicyclic) bond motifs is 6. The lowest BCUT2D eigenvalue weighted by Gasteiger charge is -2.19. The molecule has 1 aromatic rings. The van der Waals surface area contributed by atoms with E-state index >= 15 is 0 Å². The zero-order chi connectivity index (χ0) is 10.7. The summed E-state index contributed by atoms with van der Waals surface area (Å²) in [6.07, 6.45) is 1.27. The number of piperidine rings is 1. The van der Waals surface area contributed by atoms with Gasteiger partial charge < -0.3 is 10.6 Å². The van der Waals surface area contributed by atoms with E-state index in [9.17, 15) is 4.79 Å². The quantitative estimate of drug-likeness (QED) is 0.679. The standard InChI is InChI=1S/C13H14N2O/c16-13-12-3-11-8-1-7(4-14-5-8)10(11)2-9(12)6-15-13/h2-3,7-8,14H,1,4-6H2,(H,15,16). The summed E-state index contributed by atoms with van der Waals surface area (Å²) >= 11 is 0. The number of nitrogens with one attached hydrogen (secondary N) is 2. The van der Waals surface area contributed by atoms with Gasteiger partial charge in [0.05, 0.1) is 0 Å². The Morgan fingerprint density at radius 1 is 1.12 bits per heavy atom. The van der Waals surface area contributed by atoms with Crippen molar-refractivity contribution in [2.45, 2.75) is 24.8 Å². The number of amides is 1. The zero-order valence-corrected chi connectivity index (χ0v) is 9.05. The Labute approximate surface area is 94.2 Å². The molecule has 2 aliphatic heterocycles. The van der Waals surface area contributed by atoms with Gasteiger partial charge in [-0.3, -0.25) is 4.79 Å². The topological polar surface area (TPSA) is 41.1 Å². The molecule has 1 aliphatic carbocycles. The van der Waals surface area contributed by atoms with Crippen molar-refractivity contribution in [3.05, 3.63) is 34.4 Å². The fourth-order valence-electron chi connectivity index (χ4n) is 3.43. The molecular weight excluding hydrogens is 200 g/mol. The van der Waals surface area contributed by atoms with Crippen molar-refractivity contribution in [3.63, 3.8) is 0 Å². The Hall–Kier alpha value is -1.35. The summed E-state index contributed by atoms with van der Waals surface area (Å²) in [5, 5.41) is 6.38. The first-order valence-corrected chi connectivity index (χ1v) is 5.98. The largest absolute Gasteiger partial charge is 0.348 e. The SMILES string of the molecule is O=C1NCc2cc3c(cc21)C1CNCC3C1. The first-order valence-electron chi connectivity index (χ1n) is 5.98. The van der Waals surface area contributed by atoms with Gasteiger partial charge in [0.2, 0.25) is 0 Å². The molecule has 16 heavy (non-hydrogen) atoms. The summed E-state index contributed by atoms with van der Waals surface area (Å²) in [6.45, 7) is 2.89. The van der Waals surface area contributed by atoms with Crippen LogP contribution in [0.25, 0.3) is 0 Å². The minimum atomic E-state index is 0.104. The van der Waals surface area contributed by atoms with Crippen LogP contribution in [0.3, 0.4) is 0 Å². The molecule has 0 saturated carbocycles. The highest BCUT2D eigenvalue weighted by molar-refractivity contribution is 5.98. The van der Waals surface area contributed by atoms with Gasteiger partial charge in [0.15, 0.2) is 0 Å². The van der Waals surface area contributed by atoms with Crippen molar-refractivity contribution >= 4 is 5.91 Å². The molecular formula is C13H14N2O. The number of rotatable bonds is 0. The van der Waals surface area contributed by atoms with Crippen molar-refractivity contribution in [2.75, 3.05) is 13.1 Å². The summed E-state index contributed by atoms with van der Waals surface area (Å²) < 4.78 is 0. The maximum atomic E-state index is 11.6. The van der Waals surface area contributed by atoms with E-state index < -0.39 is 0 Å². The van der Waals surface area contributed by atoms with E-state index in [0.717, 1.165) is 18.7 Å². The van der Waals surface area contributed by atoms with Gasteiger partial charge in [-0.1, -0.05) is 6.07 Å². The molecule has 4 rings (SSSR count). The van der Waals surface area contributed by atoms with Gasteiger partial charge in [-0.15, -0.1) is 0 Å². The molecule has 3 nitrogen and oxygen atoms in total. The molecule has 2 atom stereocenters. The predicted octanol–water partition coefficient (Wildman–Crippen LogP) is 1.10. The molecule has 2 bridgehead atoms. The molecule has 1 fully saturated rings. The molecule has 1 amide bonds. The highest BCUT2D eigenvalue weighted by atomic mass is 16.1. The molecule has 82 valence electrons. The molecule has 3 heteroatoms. The monoisotopic (exact) mass is 214 g/mol. The highest BCUT2D eigenvalue weighted by Crippen LogP contribution is 2.44. The molecule has 3 aliphatic rings. The lowest BCUT2D eigenvalue weighted by atomic mass is 9.97. The van der Waals surface area contributed by atoms with Crippen LogP contribution < -0.4 is 10.6 Å². The third kappa shape index (κ3) is 0.990. The summed E-state index contributed by atoms with van der Waals surface area (Å²) in [4.78, 5) is 11.6. The number of carbonyl (C=O) groups excluding carboxylic acids is 1. The van der Waals surface area contributed by atoms with Gasteiger partial charge in [0, 0.05) is 25.2 Å². The summed E-state index contributed by atoms with van der Waals surface area (Å²) in [7, 11) is 0. The average molecular weight is 214 g/mol. The second-order valence-electron chi connectivity index (χ2n) is 5.11. The molecule has 0 spiro atoms. The van der Waals surface area contributed by atoms with Crippen LogP contribution in [0.2, 0.25) is 0 Å². The van der Waals surface area contributed by atoms with Gasteiger partial charge in [-0.25, -0.2) is 0 Å². The Morgan fingerprint density at radius 3 is 2.69 bits per heavy atom. The van der Waals surface area contributed by atoms with Gasteiger partial charge in [0.1, 0.15) is 0 Å². The van der Waals surface area contributed by atoms with Gasteiger partial charge >= 0.3 is 0 Å². The summed E-state index contributed by atoms with van der Waals surface area (Å²) in [5.74, 6) is 1.41. The van der Waals surface area contributed by atoms with Crippen molar-refractivity contribution < 1.29 is 4.79 Å². The summed E-state index contributed by atoms with van der Waals surface area (Å²) in [5.41, 5.74) is 5.01. The lowest BCUT2D eigenvalue weighted by Crippen LogP contribution is -2.28. The predicted molar refractivity (Wildman–Crippen MR) is 60.6 cm³/mol. The van der Waals surface area contributed by atoms with Crippen LogP contribution in [0.15, 0.2) is 12.1 Å².